The van der Waals surface area contributed by atoms with Crippen molar-refractivity contribution in [2.24, 2.45) is 0 Å². The lowest BCUT2D eigenvalue weighted by molar-refractivity contribution is -0.131. The summed E-state index contributed by atoms with van der Waals surface area (Å²) >= 11 is 6.84. The number of methoxy groups -OCH3 is 1. The molecule has 0 radical (unpaired) electrons. The maximum Gasteiger partial charge on any atom is 0.273 e. The van der Waals surface area contributed by atoms with Crippen molar-refractivity contribution >= 4 is 29.1 Å². The third-order valence-electron chi connectivity index (χ3n) is 6.88. The molecule has 2 amide bonds. The van der Waals surface area contributed by atoms with E-state index < -0.39 is 17.6 Å². The Balaban J connectivity index is 1.54. The van der Waals surface area contributed by atoms with Crippen LogP contribution >= 0.6 is 11.6 Å². The van der Waals surface area contributed by atoms with Gasteiger partial charge in [0.15, 0.2) is 0 Å². The lowest BCUT2D eigenvalue weighted by Crippen LogP contribution is -2.46. The number of amides is 2. The molecule has 0 saturated carbocycles. The number of carbonyl (C=O) groups excluding carboxylic acids is 2. The fourth-order valence-electron chi connectivity index (χ4n) is 4.89. The Morgan fingerprint density at radius 2 is 2.03 bits per heavy atom. The summed E-state index contributed by atoms with van der Waals surface area (Å²) in [4.78, 5) is 29.9. The first-order valence-corrected chi connectivity index (χ1v) is 12.4. The van der Waals surface area contributed by atoms with Gasteiger partial charge in [0.2, 0.25) is 5.88 Å². The highest BCUT2D eigenvalue weighted by Gasteiger charge is 2.26. The van der Waals surface area contributed by atoms with Crippen LogP contribution in [-0.2, 0) is 22.4 Å². The van der Waals surface area contributed by atoms with Gasteiger partial charge in [-0.05, 0) is 67.1 Å². The number of hydrazine groups is 1. The van der Waals surface area contributed by atoms with E-state index in [1.807, 2.05) is 6.07 Å². The molecule has 0 atom stereocenters. The molecule has 1 aliphatic carbocycles. The number of hydrogen-bond donors (Lipinski definition) is 2. The molecule has 7 nitrogen and oxygen atoms in total. The van der Waals surface area contributed by atoms with E-state index in [-0.39, 0.29) is 16.2 Å². The minimum atomic E-state index is -0.534. The van der Waals surface area contributed by atoms with Gasteiger partial charge in [-0.25, -0.2) is 14.8 Å². The van der Waals surface area contributed by atoms with Crippen LogP contribution in [0.15, 0.2) is 48.0 Å². The van der Waals surface area contributed by atoms with E-state index in [0.717, 1.165) is 30.4 Å². The van der Waals surface area contributed by atoms with E-state index in [0.29, 0.717) is 40.5 Å². The second-order valence-corrected chi connectivity index (χ2v) is 9.45. The monoisotopic (exact) mass is 520 g/mol. The number of ether oxygens (including phenoxy) is 1. The molecule has 190 valence electrons. The minimum absolute atomic E-state index is 0.0360. The van der Waals surface area contributed by atoms with E-state index in [2.05, 4.69) is 15.7 Å². The molecule has 37 heavy (non-hydrogen) atoms. The molecule has 0 fully saturated rings. The number of aromatic nitrogens is 1. The molecule has 1 aromatic heterocycles. The number of carbonyl (C=O) groups is 2. The maximum atomic E-state index is 15.3. The Morgan fingerprint density at radius 3 is 2.81 bits per heavy atom. The molecule has 1 aliphatic heterocycles. The first kappa shape index (κ1) is 24.9. The van der Waals surface area contributed by atoms with Crippen molar-refractivity contribution in [3.63, 3.8) is 0 Å². The van der Waals surface area contributed by atoms with Crippen molar-refractivity contribution in [1.82, 2.24) is 15.4 Å². The number of benzene rings is 2. The lowest BCUT2D eigenvalue weighted by Gasteiger charge is -2.23. The van der Waals surface area contributed by atoms with Crippen molar-refractivity contribution in [3.8, 4) is 28.3 Å². The SMILES string of the molecule is COc1nc(-c2ccc(F)c(-c3cccc(NC(=O)C4=CCNN(C)C4=O)c3C)c2Cl)cc2c1CCC2. The minimum Gasteiger partial charge on any atom is -0.481 e. The number of halogens is 2. The first-order chi connectivity index (χ1) is 17.8. The summed E-state index contributed by atoms with van der Waals surface area (Å²) in [6.45, 7) is 2.13. The van der Waals surface area contributed by atoms with Gasteiger partial charge in [-0.2, -0.15) is 0 Å². The molecule has 9 heteroatoms. The van der Waals surface area contributed by atoms with E-state index >= 15 is 4.39 Å². The molecule has 0 saturated heterocycles. The Hall–Kier alpha value is -3.75. The number of hydrogen-bond acceptors (Lipinski definition) is 5. The molecule has 2 N–H and O–H groups in total. The zero-order chi connectivity index (χ0) is 26.3. The van der Waals surface area contributed by atoms with E-state index in [1.54, 1.807) is 45.3 Å². The Morgan fingerprint density at radius 1 is 1.22 bits per heavy atom. The van der Waals surface area contributed by atoms with E-state index in [9.17, 15) is 9.59 Å². The summed E-state index contributed by atoms with van der Waals surface area (Å²) in [5.41, 5.74) is 8.16. The van der Waals surface area contributed by atoms with Crippen LogP contribution in [-0.4, -0.2) is 42.5 Å². The van der Waals surface area contributed by atoms with Gasteiger partial charge in [0.05, 0.1) is 17.8 Å². The highest BCUT2D eigenvalue weighted by atomic mass is 35.5. The number of anilines is 1. The number of pyridine rings is 1. The van der Waals surface area contributed by atoms with Crippen LogP contribution in [0.1, 0.15) is 23.1 Å². The standard InChI is InChI=1S/C28H26ClFN4O3/c1-15-17(7-5-9-22(15)32-26(35)20-12-13-31-34(2)28(20)36)24-21(30)11-10-19(25(24)29)23-14-16-6-4-8-18(16)27(33-23)37-3/h5,7,9-12,14,31H,4,6,8,13H2,1-3H3,(H,32,35). The fourth-order valence-corrected chi connectivity index (χ4v) is 5.25. The summed E-state index contributed by atoms with van der Waals surface area (Å²) < 4.78 is 20.8. The second kappa shape index (κ2) is 9.95. The highest BCUT2D eigenvalue weighted by molar-refractivity contribution is 6.36. The summed E-state index contributed by atoms with van der Waals surface area (Å²) in [5.74, 6) is -0.892. The average Bonchev–Trinajstić information content (AvgIpc) is 3.36. The number of fused-ring (bicyclic) bond motifs is 1. The zero-order valence-corrected chi connectivity index (χ0v) is 21.5. The summed E-state index contributed by atoms with van der Waals surface area (Å²) in [7, 11) is 3.15. The molecule has 2 aromatic carbocycles. The number of nitrogens with one attached hydrogen (secondary N) is 2. The largest absolute Gasteiger partial charge is 0.481 e. The molecule has 3 aromatic rings. The van der Waals surface area contributed by atoms with Gasteiger partial charge in [0.25, 0.3) is 11.8 Å². The number of nitrogens with zero attached hydrogens (tertiary/aromatic N) is 2. The van der Waals surface area contributed by atoms with Gasteiger partial charge in [-0.1, -0.05) is 29.8 Å². The fraction of sp³-hybridized carbons (Fsp3) is 0.250. The Labute approximate surface area is 219 Å². The van der Waals surface area contributed by atoms with Crippen LogP contribution in [0.5, 0.6) is 5.88 Å². The van der Waals surface area contributed by atoms with Crippen LogP contribution in [0.25, 0.3) is 22.4 Å². The van der Waals surface area contributed by atoms with Gasteiger partial charge in [0, 0.05) is 36.0 Å². The van der Waals surface area contributed by atoms with Crippen molar-refractivity contribution in [2.45, 2.75) is 26.2 Å². The number of likely N-dealkylation sites (N-methyl/N-ethyl adjacent to an activating group) is 1. The second-order valence-electron chi connectivity index (χ2n) is 9.07. The quantitative estimate of drug-likeness (QED) is 0.470. The number of aryl methyl sites for hydroxylation is 1. The smallest absolute Gasteiger partial charge is 0.273 e. The Kier molecular flexibility index (Phi) is 6.70. The topological polar surface area (TPSA) is 83.6 Å². The van der Waals surface area contributed by atoms with E-state index in [1.165, 1.54) is 17.2 Å². The molecule has 5 rings (SSSR count). The van der Waals surface area contributed by atoms with Gasteiger partial charge >= 0.3 is 0 Å². The zero-order valence-electron chi connectivity index (χ0n) is 20.7. The van der Waals surface area contributed by atoms with Crippen LogP contribution in [0.4, 0.5) is 10.1 Å². The van der Waals surface area contributed by atoms with Gasteiger partial charge in [0.1, 0.15) is 11.4 Å². The maximum absolute atomic E-state index is 15.3. The lowest BCUT2D eigenvalue weighted by atomic mass is 9.95. The molecule has 0 bridgehead atoms. The predicted octanol–water partition coefficient (Wildman–Crippen LogP) is 4.86. The summed E-state index contributed by atoms with van der Waals surface area (Å²) in [6, 6.07) is 10.2. The van der Waals surface area contributed by atoms with Crippen LogP contribution in [0.2, 0.25) is 5.02 Å². The van der Waals surface area contributed by atoms with Gasteiger partial charge in [-0.15, -0.1) is 0 Å². The van der Waals surface area contributed by atoms with Gasteiger partial charge in [-0.3, -0.25) is 14.6 Å². The van der Waals surface area contributed by atoms with Crippen LogP contribution < -0.4 is 15.5 Å². The van der Waals surface area contributed by atoms with Crippen molar-refractivity contribution in [3.05, 3.63) is 75.6 Å². The number of rotatable bonds is 5. The van der Waals surface area contributed by atoms with Crippen molar-refractivity contribution in [1.29, 1.82) is 0 Å². The first-order valence-electron chi connectivity index (χ1n) is 12.0. The van der Waals surface area contributed by atoms with Crippen LogP contribution in [0.3, 0.4) is 0 Å². The molecule has 0 unspecified atom stereocenters. The predicted molar refractivity (Wildman–Crippen MR) is 141 cm³/mol. The van der Waals surface area contributed by atoms with Crippen LogP contribution in [0, 0.1) is 12.7 Å². The molecular formula is C28H26ClFN4O3. The Bertz CT molecular complexity index is 1470. The average molecular weight is 521 g/mol. The van der Waals surface area contributed by atoms with Crippen molar-refractivity contribution < 1.29 is 18.7 Å². The third kappa shape index (κ3) is 4.47. The third-order valence-corrected chi connectivity index (χ3v) is 7.27. The molecule has 2 aliphatic rings. The van der Waals surface area contributed by atoms with E-state index in [4.69, 9.17) is 16.3 Å². The van der Waals surface area contributed by atoms with Crippen molar-refractivity contribution in [2.75, 3.05) is 26.0 Å². The molecular weight excluding hydrogens is 495 g/mol. The molecule has 2 heterocycles. The summed E-state index contributed by atoms with van der Waals surface area (Å²) in [6.07, 6.45) is 4.42. The van der Waals surface area contributed by atoms with Gasteiger partial charge < -0.3 is 10.1 Å². The summed E-state index contributed by atoms with van der Waals surface area (Å²) in [5, 5.41) is 4.28. The highest BCUT2D eigenvalue weighted by Crippen LogP contribution is 2.42. The normalized spacial score (nSPS) is 14.9. The molecule has 0 spiro atoms.